The van der Waals surface area contributed by atoms with Gasteiger partial charge in [0.05, 0.1) is 6.54 Å². The summed E-state index contributed by atoms with van der Waals surface area (Å²) in [6.45, 7) is 9.25. The van der Waals surface area contributed by atoms with Crippen molar-refractivity contribution in [3.63, 3.8) is 0 Å². The van der Waals surface area contributed by atoms with Crippen LogP contribution in [-0.2, 0) is 6.54 Å². The Hall–Kier alpha value is -0.940. The van der Waals surface area contributed by atoms with Crippen molar-refractivity contribution in [1.82, 2.24) is 20.4 Å². The highest BCUT2D eigenvalue weighted by Gasteiger charge is 2.20. The lowest BCUT2D eigenvalue weighted by Crippen LogP contribution is -2.45. The molecule has 1 fully saturated rings. The van der Waals surface area contributed by atoms with Crippen LogP contribution in [-0.4, -0.2) is 40.2 Å². The molecule has 5 nitrogen and oxygen atoms in total. The predicted molar refractivity (Wildman–Crippen MR) is 70.2 cm³/mol. The monoisotopic (exact) mass is 252 g/mol. The molecule has 1 saturated heterocycles. The molecule has 1 aromatic rings. The van der Waals surface area contributed by atoms with Gasteiger partial charge < -0.3 is 9.84 Å². The Morgan fingerprint density at radius 3 is 2.83 bits per heavy atom. The minimum absolute atomic E-state index is 0.493. The number of hydrogen-bond acceptors (Lipinski definition) is 5. The van der Waals surface area contributed by atoms with E-state index in [1.165, 1.54) is 19.3 Å². The lowest BCUT2D eigenvalue weighted by atomic mass is 10.0. The lowest BCUT2D eigenvalue weighted by Gasteiger charge is -2.32. The Labute approximate surface area is 109 Å². The zero-order valence-electron chi connectivity index (χ0n) is 11.6. The second-order valence-electron chi connectivity index (χ2n) is 5.40. The van der Waals surface area contributed by atoms with E-state index < -0.39 is 0 Å². The van der Waals surface area contributed by atoms with Gasteiger partial charge in [-0.25, -0.2) is 0 Å². The van der Waals surface area contributed by atoms with Gasteiger partial charge in [0.15, 0.2) is 5.82 Å². The van der Waals surface area contributed by atoms with Crippen molar-refractivity contribution < 1.29 is 4.52 Å². The number of nitrogens with one attached hydrogen (secondary N) is 1. The summed E-state index contributed by atoms with van der Waals surface area (Å²) in [5.41, 5.74) is 0. The average Bonchev–Trinajstić information content (AvgIpc) is 2.75. The minimum Gasteiger partial charge on any atom is -0.340 e. The molecule has 0 aromatic carbocycles. The Balaban J connectivity index is 1.90. The van der Waals surface area contributed by atoms with Gasteiger partial charge in [-0.2, -0.15) is 4.98 Å². The van der Waals surface area contributed by atoms with Crippen molar-refractivity contribution in [2.75, 3.05) is 13.1 Å². The highest BCUT2D eigenvalue weighted by atomic mass is 16.5. The highest BCUT2D eigenvalue weighted by molar-refractivity contribution is 4.86. The summed E-state index contributed by atoms with van der Waals surface area (Å²) in [6.07, 6.45) is 3.92. The number of aryl methyl sites for hydroxylation is 1. The van der Waals surface area contributed by atoms with Crippen LogP contribution in [0.3, 0.4) is 0 Å². The maximum atomic E-state index is 5.03. The van der Waals surface area contributed by atoms with Crippen molar-refractivity contribution in [3.8, 4) is 0 Å². The fourth-order valence-corrected chi connectivity index (χ4v) is 2.41. The van der Waals surface area contributed by atoms with Crippen LogP contribution in [0.2, 0.25) is 0 Å². The van der Waals surface area contributed by atoms with Crippen LogP contribution >= 0.6 is 0 Å². The molecule has 1 atom stereocenters. The third-order valence-electron chi connectivity index (χ3n) is 3.51. The van der Waals surface area contributed by atoms with E-state index in [2.05, 4.69) is 34.2 Å². The van der Waals surface area contributed by atoms with Crippen LogP contribution in [0.5, 0.6) is 0 Å². The van der Waals surface area contributed by atoms with Crippen molar-refractivity contribution in [2.24, 2.45) is 0 Å². The topological polar surface area (TPSA) is 54.2 Å². The lowest BCUT2D eigenvalue weighted by molar-refractivity contribution is 0.171. The summed E-state index contributed by atoms with van der Waals surface area (Å²) in [7, 11) is 0. The Morgan fingerprint density at radius 1 is 1.44 bits per heavy atom. The van der Waals surface area contributed by atoms with Gasteiger partial charge in [-0.1, -0.05) is 11.6 Å². The van der Waals surface area contributed by atoms with Gasteiger partial charge >= 0.3 is 0 Å². The highest BCUT2D eigenvalue weighted by Crippen LogP contribution is 2.12. The normalized spacial score (nSPS) is 20.8. The molecule has 18 heavy (non-hydrogen) atoms. The molecule has 1 unspecified atom stereocenters. The molecule has 0 aliphatic carbocycles. The number of aromatic nitrogens is 2. The molecule has 2 heterocycles. The molecule has 0 amide bonds. The maximum Gasteiger partial charge on any atom is 0.223 e. The summed E-state index contributed by atoms with van der Waals surface area (Å²) < 4.78 is 5.03. The third-order valence-corrected chi connectivity index (χ3v) is 3.51. The number of piperidine rings is 1. The van der Waals surface area contributed by atoms with Gasteiger partial charge in [0.25, 0.3) is 0 Å². The van der Waals surface area contributed by atoms with Gasteiger partial charge in [-0.05, 0) is 33.2 Å². The first-order valence-corrected chi connectivity index (χ1v) is 6.92. The van der Waals surface area contributed by atoms with E-state index in [-0.39, 0.29) is 0 Å². The molecule has 0 spiro atoms. The molecule has 102 valence electrons. The van der Waals surface area contributed by atoms with E-state index in [4.69, 9.17) is 4.52 Å². The summed E-state index contributed by atoms with van der Waals surface area (Å²) in [6, 6.07) is 1.10. The number of rotatable bonds is 5. The number of nitrogens with zero attached hydrogens (tertiary/aromatic N) is 3. The van der Waals surface area contributed by atoms with Crippen LogP contribution in [0.15, 0.2) is 4.52 Å². The Bertz CT molecular complexity index is 358. The molecule has 1 aliphatic heterocycles. The SMILES string of the molecule is Cc1nc(CN(CC2CCCCN2)C(C)C)no1. The first-order chi connectivity index (χ1) is 8.65. The molecule has 5 heteroatoms. The van der Waals surface area contributed by atoms with Crippen molar-refractivity contribution in [3.05, 3.63) is 11.7 Å². The smallest absolute Gasteiger partial charge is 0.223 e. The molecular weight excluding hydrogens is 228 g/mol. The van der Waals surface area contributed by atoms with E-state index in [0.29, 0.717) is 18.0 Å². The molecule has 1 N–H and O–H groups in total. The van der Waals surface area contributed by atoms with E-state index in [0.717, 1.165) is 25.5 Å². The first-order valence-electron chi connectivity index (χ1n) is 6.92. The van der Waals surface area contributed by atoms with Crippen molar-refractivity contribution in [1.29, 1.82) is 0 Å². The molecule has 0 radical (unpaired) electrons. The second kappa shape index (κ2) is 6.29. The fraction of sp³-hybridized carbons (Fsp3) is 0.846. The predicted octanol–water partition coefficient (Wildman–Crippen LogP) is 1.73. The van der Waals surface area contributed by atoms with Crippen LogP contribution in [0, 0.1) is 6.92 Å². The fourth-order valence-electron chi connectivity index (χ4n) is 2.41. The van der Waals surface area contributed by atoms with Crippen LogP contribution in [0.25, 0.3) is 0 Å². The molecule has 0 bridgehead atoms. The van der Waals surface area contributed by atoms with Crippen molar-refractivity contribution in [2.45, 2.75) is 58.7 Å². The minimum atomic E-state index is 0.493. The third kappa shape index (κ3) is 3.78. The summed E-state index contributed by atoms with van der Waals surface area (Å²) >= 11 is 0. The number of hydrogen-bond donors (Lipinski definition) is 1. The van der Waals surface area contributed by atoms with E-state index >= 15 is 0 Å². The van der Waals surface area contributed by atoms with E-state index in [1.54, 1.807) is 0 Å². The second-order valence-corrected chi connectivity index (χ2v) is 5.40. The Kier molecular flexibility index (Phi) is 4.72. The standard InChI is InChI=1S/C13H24N4O/c1-10(2)17(8-12-6-4-5-7-14-12)9-13-15-11(3)18-16-13/h10,12,14H,4-9H2,1-3H3. The Morgan fingerprint density at radius 2 is 2.28 bits per heavy atom. The molecule has 1 aromatic heterocycles. The molecular formula is C13H24N4O. The van der Waals surface area contributed by atoms with Gasteiger partial charge in [-0.15, -0.1) is 0 Å². The maximum absolute atomic E-state index is 5.03. The average molecular weight is 252 g/mol. The van der Waals surface area contributed by atoms with Crippen LogP contribution in [0.1, 0.15) is 44.8 Å². The van der Waals surface area contributed by atoms with Crippen LogP contribution < -0.4 is 5.32 Å². The quantitative estimate of drug-likeness (QED) is 0.865. The van der Waals surface area contributed by atoms with Crippen LogP contribution in [0.4, 0.5) is 0 Å². The first kappa shape index (κ1) is 13.5. The summed E-state index contributed by atoms with van der Waals surface area (Å²) in [5.74, 6) is 1.43. The zero-order chi connectivity index (χ0) is 13.0. The molecule has 2 rings (SSSR count). The van der Waals surface area contributed by atoms with Gasteiger partial charge in [0, 0.05) is 25.6 Å². The van der Waals surface area contributed by atoms with Gasteiger partial charge in [0.2, 0.25) is 5.89 Å². The molecule has 0 saturated carbocycles. The zero-order valence-corrected chi connectivity index (χ0v) is 11.6. The summed E-state index contributed by atoms with van der Waals surface area (Å²) in [5, 5.41) is 7.57. The van der Waals surface area contributed by atoms with Gasteiger partial charge in [0.1, 0.15) is 0 Å². The van der Waals surface area contributed by atoms with E-state index in [1.807, 2.05) is 6.92 Å². The molecule has 1 aliphatic rings. The van der Waals surface area contributed by atoms with Gasteiger partial charge in [-0.3, -0.25) is 4.90 Å². The summed E-state index contributed by atoms with van der Waals surface area (Å²) in [4.78, 5) is 6.70. The largest absolute Gasteiger partial charge is 0.340 e. The van der Waals surface area contributed by atoms with Crippen molar-refractivity contribution >= 4 is 0 Å². The van der Waals surface area contributed by atoms with E-state index in [9.17, 15) is 0 Å².